The van der Waals surface area contributed by atoms with Gasteiger partial charge in [0.2, 0.25) is 0 Å². The first-order chi connectivity index (χ1) is 10.1. The molecule has 0 heterocycles. The molecule has 0 bridgehead atoms. The van der Waals surface area contributed by atoms with E-state index in [0.717, 1.165) is 5.56 Å². The molecule has 0 atom stereocenters. The number of aliphatic hydroxyl groups is 2. The summed E-state index contributed by atoms with van der Waals surface area (Å²) < 4.78 is 5.31. The van der Waals surface area contributed by atoms with Gasteiger partial charge in [0, 0.05) is 6.42 Å². The van der Waals surface area contributed by atoms with E-state index in [1.54, 1.807) is 36.4 Å². The number of rotatable bonds is 6. The second-order valence-electron chi connectivity index (χ2n) is 4.39. The van der Waals surface area contributed by atoms with Crippen LogP contribution in [0.15, 0.2) is 48.5 Å². The van der Waals surface area contributed by atoms with Gasteiger partial charge < -0.3 is 14.9 Å². The van der Waals surface area contributed by atoms with Crippen LogP contribution in [-0.2, 0) is 0 Å². The summed E-state index contributed by atoms with van der Waals surface area (Å²) in [6.45, 7) is -0.0171. The molecule has 0 aliphatic rings. The van der Waals surface area contributed by atoms with Crippen LogP contribution >= 0.6 is 0 Å². The first kappa shape index (κ1) is 15.0. The third-order valence-corrected chi connectivity index (χ3v) is 2.90. The predicted octanol–water partition coefficient (Wildman–Crippen LogP) is 2.34. The summed E-state index contributed by atoms with van der Waals surface area (Å²) in [6, 6.07) is 13.8. The number of hydrogen-bond donors (Lipinski definition) is 2. The van der Waals surface area contributed by atoms with E-state index < -0.39 is 11.2 Å². The Labute approximate surface area is 121 Å². The number of benzene rings is 2. The van der Waals surface area contributed by atoms with Gasteiger partial charge in [0.15, 0.2) is 12.0 Å². The number of aliphatic hydroxyl groups excluding tert-OH is 1. The molecule has 0 aliphatic heterocycles. The van der Waals surface area contributed by atoms with Gasteiger partial charge in [-0.25, -0.2) is 0 Å². The number of para-hydroxylation sites is 1. The van der Waals surface area contributed by atoms with Crippen molar-refractivity contribution in [2.75, 3.05) is 6.61 Å². The maximum absolute atomic E-state index is 11.3. The highest BCUT2D eigenvalue weighted by atomic mass is 16.6. The second kappa shape index (κ2) is 6.83. The Hall–Kier alpha value is -2.44. The van der Waals surface area contributed by atoms with Crippen molar-refractivity contribution in [1.82, 2.24) is 0 Å². The molecule has 0 saturated heterocycles. The van der Waals surface area contributed by atoms with Gasteiger partial charge >= 0.3 is 5.69 Å². The van der Waals surface area contributed by atoms with E-state index in [9.17, 15) is 10.1 Å². The van der Waals surface area contributed by atoms with Crippen LogP contribution in [0.5, 0.6) is 5.75 Å². The molecule has 0 amide bonds. The number of ether oxygens (including phenoxy) is 1. The largest absolute Gasteiger partial charge is 0.487 e. The van der Waals surface area contributed by atoms with E-state index in [2.05, 4.69) is 0 Å². The van der Waals surface area contributed by atoms with Gasteiger partial charge in [-0.3, -0.25) is 10.1 Å². The molecule has 2 aromatic rings. The fraction of sp³-hybridized carbons (Fsp3) is 0.200. The van der Waals surface area contributed by atoms with Crippen LogP contribution in [-0.4, -0.2) is 28.0 Å². The van der Waals surface area contributed by atoms with Crippen LogP contribution in [0.2, 0.25) is 0 Å². The molecule has 0 aromatic heterocycles. The zero-order chi connectivity index (χ0) is 15.2. The monoisotopic (exact) mass is 289 g/mol. The smallest absolute Gasteiger partial charge is 0.318 e. The third-order valence-electron chi connectivity index (χ3n) is 2.90. The zero-order valence-electron chi connectivity index (χ0n) is 11.2. The molecule has 0 aliphatic carbocycles. The molecule has 6 nitrogen and oxygen atoms in total. The maximum Gasteiger partial charge on any atom is 0.318 e. The molecule has 0 radical (unpaired) electrons. The number of nitrogens with zero attached hydrogens (tertiary/aromatic N) is 1. The number of hydrogen-bond acceptors (Lipinski definition) is 5. The maximum atomic E-state index is 11.3. The van der Waals surface area contributed by atoms with Crippen LogP contribution in [0.1, 0.15) is 6.42 Å². The van der Waals surface area contributed by atoms with Crippen molar-refractivity contribution in [3.05, 3.63) is 58.6 Å². The number of nitro benzene ring substituents is 1. The Morgan fingerprint density at radius 1 is 1.10 bits per heavy atom. The predicted molar refractivity (Wildman–Crippen MR) is 76.9 cm³/mol. The van der Waals surface area contributed by atoms with E-state index in [0.29, 0.717) is 5.56 Å². The molecule has 2 aromatic carbocycles. The molecule has 2 N–H and O–H groups in total. The van der Waals surface area contributed by atoms with Crippen LogP contribution in [0, 0.1) is 10.1 Å². The Bertz CT molecular complexity index is 613. The van der Waals surface area contributed by atoms with Crippen molar-refractivity contribution < 1.29 is 19.9 Å². The lowest BCUT2D eigenvalue weighted by atomic mass is 10.0. The Balaban J connectivity index is 2.36. The van der Waals surface area contributed by atoms with Gasteiger partial charge in [-0.1, -0.05) is 36.4 Å². The average Bonchev–Trinajstić information content (AvgIpc) is 2.47. The zero-order valence-corrected chi connectivity index (χ0v) is 11.2. The highest BCUT2D eigenvalue weighted by molar-refractivity contribution is 5.77. The summed E-state index contributed by atoms with van der Waals surface area (Å²) in [5, 5.41) is 28.9. The normalized spacial score (nSPS) is 10.6. The van der Waals surface area contributed by atoms with Crippen LogP contribution in [0.3, 0.4) is 0 Å². The molecule has 0 saturated carbocycles. The Morgan fingerprint density at radius 2 is 1.81 bits per heavy atom. The Kier molecular flexibility index (Phi) is 4.86. The molecule has 110 valence electrons. The molecule has 6 heteroatoms. The molecule has 0 spiro atoms. The summed E-state index contributed by atoms with van der Waals surface area (Å²) in [5.41, 5.74) is 1.05. The molecule has 0 fully saturated rings. The fourth-order valence-electron chi connectivity index (χ4n) is 1.95. The van der Waals surface area contributed by atoms with Crippen molar-refractivity contribution >= 4 is 5.69 Å². The topological polar surface area (TPSA) is 92.8 Å². The van der Waals surface area contributed by atoms with Gasteiger partial charge in [-0.05, 0) is 17.7 Å². The molecule has 21 heavy (non-hydrogen) atoms. The molecular formula is C15H15NO5. The lowest BCUT2D eigenvalue weighted by Gasteiger charge is -2.10. The van der Waals surface area contributed by atoms with Gasteiger partial charge in [-0.2, -0.15) is 0 Å². The van der Waals surface area contributed by atoms with E-state index in [4.69, 9.17) is 14.9 Å². The average molecular weight is 289 g/mol. The van der Waals surface area contributed by atoms with Gasteiger partial charge in [-0.15, -0.1) is 0 Å². The first-order valence-electron chi connectivity index (χ1n) is 6.41. The second-order valence-corrected chi connectivity index (χ2v) is 4.39. The van der Waals surface area contributed by atoms with Crippen LogP contribution < -0.4 is 4.74 Å². The van der Waals surface area contributed by atoms with E-state index in [-0.39, 0.29) is 24.5 Å². The first-order valence-corrected chi connectivity index (χ1v) is 6.41. The van der Waals surface area contributed by atoms with Crippen LogP contribution in [0.25, 0.3) is 11.1 Å². The van der Waals surface area contributed by atoms with Crippen molar-refractivity contribution in [3.63, 3.8) is 0 Å². The van der Waals surface area contributed by atoms with Gasteiger partial charge in [0.25, 0.3) is 0 Å². The van der Waals surface area contributed by atoms with E-state index in [1.165, 1.54) is 6.07 Å². The minimum atomic E-state index is -1.50. The molecular weight excluding hydrogens is 274 g/mol. The summed E-state index contributed by atoms with van der Waals surface area (Å²) in [4.78, 5) is 10.8. The summed E-state index contributed by atoms with van der Waals surface area (Å²) in [6.07, 6.45) is -1.52. The lowest BCUT2D eigenvalue weighted by Crippen LogP contribution is -2.11. The summed E-state index contributed by atoms with van der Waals surface area (Å²) in [5.74, 6) is 0.113. The van der Waals surface area contributed by atoms with Gasteiger partial charge in [0.1, 0.15) is 0 Å². The SMILES string of the molecule is O=[N+]([O-])c1c(OCCC(O)O)cccc1-c1ccccc1. The highest BCUT2D eigenvalue weighted by Gasteiger charge is 2.21. The van der Waals surface area contributed by atoms with Crippen molar-refractivity contribution in [3.8, 4) is 16.9 Å². The van der Waals surface area contributed by atoms with Crippen LogP contribution in [0.4, 0.5) is 5.69 Å². The van der Waals surface area contributed by atoms with E-state index in [1.807, 2.05) is 6.07 Å². The Morgan fingerprint density at radius 3 is 2.43 bits per heavy atom. The van der Waals surface area contributed by atoms with Crippen molar-refractivity contribution in [2.24, 2.45) is 0 Å². The highest BCUT2D eigenvalue weighted by Crippen LogP contribution is 2.37. The molecule has 2 rings (SSSR count). The van der Waals surface area contributed by atoms with Crippen molar-refractivity contribution in [2.45, 2.75) is 12.7 Å². The quantitative estimate of drug-likeness (QED) is 0.483. The summed E-state index contributed by atoms with van der Waals surface area (Å²) in [7, 11) is 0. The standard InChI is InChI=1S/C15H15NO5/c17-14(18)9-10-21-13-8-4-7-12(15(13)16(19)20)11-5-2-1-3-6-11/h1-8,14,17-18H,9-10H2. The third kappa shape index (κ3) is 3.77. The molecule has 0 unspecified atom stereocenters. The summed E-state index contributed by atoms with van der Waals surface area (Å²) >= 11 is 0. The lowest BCUT2D eigenvalue weighted by molar-refractivity contribution is -0.385. The minimum Gasteiger partial charge on any atom is -0.487 e. The van der Waals surface area contributed by atoms with Gasteiger partial charge in [0.05, 0.1) is 17.1 Å². The fourth-order valence-corrected chi connectivity index (χ4v) is 1.95. The van der Waals surface area contributed by atoms with Crippen molar-refractivity contribution in [1.29, 1.82) is 0 Å². The number of nitro groups is 1. The van der Waals surface area contributed by atoms with E-state index >= 15 is 0 Å². The minimum absolute atomic E-state index is 0.0171.